The number of hydrogen-bond acceptors (Lipinski definition) is 3. The van der Waals surface area contributed by atoms with Crippen LogP contribution in [0, 0.1) is 0 Å². The molecule has 0 aliphatic carbocycles. The fraction of sp³-hybridized carbons (Fsp3) is 0.333. The van der Waals surface area contributed by atoms with Crippen LogP contribution in [0.5, 0.6) is 5.75 Å². The van der Waals surface area contributed by atoms with Gasteiger partial charge in [-0.1, -0.05) is 36.4 Å². The Labute approximate surface area is 125 Å². The molecular formula is C18H20N2O. The summed E-state index contributed by atoms with van der Waals surface area (Å²) in [7, 11) is 0. The molecule has 1 atom stereocenters. The molecule has 0 saturated heterocycles. The van der Waals surface area contributed by atoms with Gasteiger partial charge in [0.1, 0.15) is 12.4 Å². The van der Waals surface area contributed by atoms with E-state index in [1.54, 1.807) is 0 Å². The predicted octanol–water partition coefficient (Wildman–Crippen LogP) is 2.92. The molecule has 2 aliphatic rings. The number of para-hydroxylation sites is 2. The molecule has 0 bridgehead atoms. The number of ether oxygens (including phenoxy) is 1. The third kappa shape index (κ3) is 2.49. The molecule has 2 aromatic rings. The van der Waals surface area contributed by atoms with Crippen LogP contribution >= 0.6 is 0 Å². The van der Waals surface area contributed by atoms with Crippen LogP contribution in [0.3, 0.4) is 0 Å². The number of rotatable bonds is 1. The molecule has 0 spiro atoms. The number of hydrogen-bond donors (Lipinski definition) is 1. The lowest BCUT2D eigenvalue weighted by atomic mass is 9.98. The smallest absolute Gasteiger partial charge is 0.123 e. The van der Waals surface area contributed by atoms with Crippen molar-refractivity contribution in [2.24, 2.45) is 0 Å². The predicted molar refractivity (Wildman–Crippen MR) is 84.8 cm³/mol. The summed E-state index contributed by atoms with van der Waals surface area (Å²) in [5, 5.41) is 3.57. The maximum atomic E-state index is 5.88. The van der Waals surface area contributed by atoms with E-state index in [1.165, 1.54) is 16.8 Å². The van der Waals surface area contributed by atoms with Gasteiger partial charge in [0.25, 0.3) is 0 Å². The van der Waals surface area contributed by atoms with E-state index in [9.17, 15) is 0 Å². The van der Waals surface area contributed by atoms with Gasteiger partial charge in [-0.25, -0.2) is 0 Å². The van der Waals surface area contributed by atoms with Crippen molar-refractivity contribution in [1.29, 1.82) is 0 Å². The van der Waals surface area contributed by atoms with Crippen LogP contribution < -0.4 is 10.1 Å². The zero-order valence-corrected chi connectivity index (χ0v) is 12.1. The molecule has 3 nitrogen and oxygen atoms in total. The minimum absolute atomic E-state index is 0.537. The molecule has 0 radical (unpaired) electrons. The third-order valence-corrected chi connectivity index (χ3v) is 4.50. The van der Waals surface area contributed by atoms with E-state index in [0.29, 0.717) is 6.04 Å². The molecule has 0 aromatic heterocycles. The first kappa shape index (κ1) is 12.7. The van der Waals surface area contributed by atoms with Gasteiger partial charge < -0.3 is 10.1 Å². The number of anilines is 1. The highest BCUT2D eigenvalue weighted by Crippen LogP contribution is 2.27. The Morgan fingerprint density at radius 3 is 2.76 bits per heavy atom. The van der Waals surface area contributed by atoms with Crippen molar-refractivity contribution in [2.75, 3.05) is 25.0 Å². The zero-order chi connectivity index (χ0) is 14.1. The highest BCUT2D eigenvalue weighted by molar-refractivity contribution is 5.53. The van der Waals surface area contributed by atoms with Crippen LogP contribution in [0.1, 0.15) is 11.1 Å². The second-order valence-corrected chi connectivity index (χ2v) is 5.82. The lowest BCUT2D eigenvalue weighted by molar-refractivity contribution is 0.172. The average Bonchev–Trinajstić information content (AvgIpc) is 2.76. The van der Waals surface area contributed by atoms with Crippen molar-refractivity contribution in [1.82, 2.24) is 4.90 Å². The van der Waals surface area contributed by atoms with Crippen molar-refractivity contribution in [3.63, 3.8) is 0 Å². The maximum Gasteiger partial charge on any atom is 0.123 e. The van der Waals surface area contributed by atoms with Crippen LogP contribution in [0.25, 0.3) is 0 Å². The molecular weight excluding hydrogens is 260 g/mol. The zero-order valence-electron chi connectivity index (χ0n) is 12.1. The monoisotopic (exact) mass is 280 g/mol. The Morgan fingerprint density at radius 1 is 1.00 bits per heavy atom. The van der Waals surface area contributed by atoms with E-state index >= 15 is 0 Å². The molecule has 1 N–H and O–H groups in total. The van der Waals surface area contributed by atoms with Gasteiger partial charge >= 0.3 is 0 Å². The largest absolute Gasteiger partial charge is 0.492 e. The van der Waals surface area contributed by atoms with Gasteiger partial charge in [0.15, 0.2) is 0 Å². The van der Waals surface area contributed by atoms with E-state index in [0.717, 1.165) is 38.4 Å². The fourth-order valence-electron chi connectivity index (χ4n) is 3.34. The standard InChI is InChI=1S/C18H20N2O/c1-3-7-17-14(5-1)11-16(12-19-17)20-9-10-21-18-8-4-2-6-15(18)13-20/h1-8,16,19H,9-13H2. The summed E-state index contributed by atoms with van der Waals surface area (Å²) in [5.41, 5.74) is 4.02. The molecule has 2 aromatic carbocycles. The molecule has 3 heteroatoms. The van der Waals surface area contributed by atoms with Crippen LogP contribution in [0.4, 0.5) is 5.69 Å². The Hall–Kier alpha value is -2.00. The van der Waals surface area contributed by atoms with Gasteiger partial charge in [0.2, 0.25) is 0 Å². The average molecular weight is 280 g/mol. The summed E-state index contributed by atoms with van der Waals surface area (Å²) >= 11 is 0. The van der Waals surface area contributed by atoms with E-state index in [2.05, 4.69) is 52.7 Å². The van der Waals surface area contributed by atoms with Gasteiger partial charge in [-0.05, 0) is 24.1 Å². The summed E-state index contributed by atoms with van der Waals surface area (Å²) in [4.78, 5) is 2.55. The lowest BCUT2D eigenvalue weighted by Crippen LogP contribution is -2.44. The second kappa shape index (κ2) is 5.41. The van der Waals surface area contributed by atoms with Crippen LogP contribution in [-0.2, 0) is 13.0 Å². The summed E-state index contributed by atoms with van der Waals surface area (Å²) in [5.74, 6) is 1.05. The summed E-state index contributed by atoms with van der Waals surface area (Å²) in [6.07, 6.45) is 1.12. The highest BCUT2D eigenvalue weighted by atomic mass is 16.5. The first-order valence-corrected chi connectivity index (χ1v) is 7.67. The summed E-state index contributed by atoms with van der Waals surface area (Å²) < 4.78 is 5.88. The van der Waals surface area contributed by atoms with Gasteiger partial charge in [0.05, 0.1) is 0 Å². The van der Waals surface area contributed by atoms with E-state index in [-0.39, 0.29) is 0 Å². The van der Waals surface area contributed by atoms with Crippen molar-refractivity contribution >= 4 is 5.69 Å². The first-order chi connectivity index (χ1) is 10.4. The van der Waals surface area contributed by atoms with Crippen molar-refractivity contribution in [3.8, 4) is 5.75 Å². The van der Waals surface area contributed by atoms with Crippen molar-refractivity contribution in [2.45, 2.75) is 19.0 Å². The third-order valence-electron chi connectivity index (χ3n) is 4.50. The van der Waals surface area contributed by atoms with Crippen LogP contribution in [-0.4, -0.2) is 30.6 Å². The first-order valence-electron chi connectivity index (χ1n) is 7.67. The summed E-state index contributed by atoms with van der Waals surface area (Å²) in [6.45, 7) is 3.75. The van der Waals surface area contributed by atoms with Crippen LogP contribution in [0.2, 0.25) is 0 Å². The normalized spacial score (nSPS) is 21.4. The van der Waals surface area contributed by atoms with Crippen molar-refractivity contribution in [3.05, 3.63) is 59.7 Å². The Bertz CT molecular complexity index is 641. The number of fused-ring (bicyclic) bond motifs is 2. The van der Waals surface area contributed by atoms with E-state index in [4.69, 9.17) is 4.74 Å². The Morgan fingerprint density at radius 2 is 1.81 bits per heavy atom. The molecule has 21 heavy (non-hydrogen) atoms. The molecule has 0 saturated carbocycles. The Balaban J connectivity index is 1.55. The molecule has 1 unspecified atom stereocenters. The van der Waals surface area contributed by atoms with E-state index in [1.807, 2.05) is 6.07 Å². The van der Waals surface area contributed by atoms with Crippen molar-refractivity contribution < 1.29 is 4.74 Å². The quantitative estimate of drug-likeness (QED) is 0.869. The van der Waals surface area contributed by atoms with Gasteiger partial charge in [-0.15, -0.1) is 0 Å². The summed E-state index contributed by atoms with van der Waals surface area (Å²) in [6, 6.07) is 17.6. The lowest BCUT2D eigenvalue weighted by Gasteiger charge is -2.34. The molecule has 108 valence electrons. The maximum absolute atomic E-state index is 5.88. The molecule has 2 heterocycles. The highest BCUT2D eigenvalue weighted by Gasteiger charge is 2.26. The van der Waals surface area contributed by atoms with Gasteiger partial charge in [-0.3, -0.25) is 4.90 Å². The molecule has 2 aliphatic heterocycles. The Kier molecular flexibility index (Phi) is 3.28. The van der Waals surface area contributed by atoms with Gasteiger partial charge in [-0.2, -0.15) is 0 Å². The topological polar surface area (TPSA) is 24.5 Å². The van der Waals surface area contributed by atoms with Gasteiger partial charge in [0, 0.05) is 36.9 Å². The minimum atomic E-state index is 0.537. The number of nitrogens with one attached hydrogen (secondary N) is 1. The molecule has 0 amide bonds. The number of nitrogens with zero attached hydrogens (tertiary/aromatic N) is 1. The second-order valence-electron chi connectivity index (χ2n) is 5.82. The van der Waals surface area contributed by atoms with E-state index < -0.39 is 0 Å². The minimum Gasteiger partial charge on any atom is -0.492 e. The molecule has 0 fully saturated rings. The SMILES string of the molecule is c1ccc2c(c1)CC(N1CCOc3ccccc3C1)CN2. The number of benzene rings is 2. The fourth-order valence-corrected chi connectivity index (χ4v) is 3.34. The molecule has 4 rings (SSSR count). The van der Waals surface area contributed by atoms with Crippen LogP contribution in [0.15, 0.2) is 48.5 Å².